The van der Waals surface area contributed by atoms with Crippen molar-refractivity contribution >= 4 is 11.8 Å². The Morgan fingerprint density at radius 1 is 1.09 bits per heavy atom. The second kappa shape index (κ2) is 8.23. The predicted molar refractivity (Wildman–Crippen MR) is 121 cm³/mol. The van der Waals surface area contributed by atoms with Crippen molar-refractivity contribution in [3.63, 3.8) is 0 Å². The number of nitrogens with zero attached hydrogens (tertiary/aromatic N) is 1. The number of alkyl halides is 2. The Balaban J connectivity index is 1.17. The lowest BCUT2D eigenvalue weighted by Crippen LogP contribution is -2.33. The number of benzene rings is 2. The van der Waals surface area contributed by atoms with Gasteiger partial charge in [-0.2, -0.15) is 0 Å². The van der Waals surface area contributed by atoms with Crippen LogP contribution in [0.15, 0.2) is 42.5 Å². The molecule has 5 rings (SSSR count). The zero-order valence-electron chi connectivity index (χ0n) is 19.1. The zero-order chi connectivity index (χ0) is 23.3. The number of hydrogen-bond acceptors (Lipinski definition) is 2. The Bertz CT molecular complexity index is 1100. The van der Waals surface area contributed by atoms with E-state index in [1.807, 2.05) is 56.3 Å². The molecule has 2 aromatic rings. The summed E-state index contributed by atoms with van der Waals surface area (Å²) in [5, 5.41) is 3.02. The van der Waals surface area contributed by atoms with Crippen LogP contribution in [0.4, 0.5) is 8.78 Å². The molecule has 2 amide bonds. The second-order valence-corrected chi connectivity index (χ2v) is 10.0. The van der Waals surface area contributed by atoms with E-state index in [0.717, 1.165) is 27.8 Å². The average molecular weight is 453 g/mol. The van der Waals surface area contributed by atoms with Gasteiger partial charge in [-0.15, -0.1) is 0 Å². The van der Waals surface area contributed by atoms with Crippen molar-refractivity contribution in [2.45, 2.75) is 64.6 Å². The third-order valence-corrected chi connectivity index (χ3v) is 7.79. The maximum atomic E-state index is 13.7. The number of fused-ring (bicyclic) bond motifs is 2. The van der Waals surface area contributed by atoms with E-state index in [0.29, 0.717) is 38.9 Å². The van der Waals surface area contributed by atoms with Crippen molar-refractivity contribution in [1.82, 2.24) is 10.2 Å². The van der Waals surface area contributed by atoms with Crippen LogP contribution in [-0.2, 0) is 29.2 Å². The van der Waals surface area contributed by atoms with Gasteiger partial charge in [0.2, 0.25) is 11.8 Å². The zero-order valence-corrected chi connectivity index (χ0v) is 19.1. The third kappa shape index (κ3) is 4.16. The summed E-state index contributed by atoms with van der Waals surface area (Å²) in [5.74, 6) is -4.18. The van der Waals surface area contributed by atoms with E-state index in [-0.39, 0.29) is 23.7 Å². The van der Waals surface area contributed by atoms with Crippen molar-refractivity contribution in [2.24, 2.45) is 17.8 Å². The summed E-state index contributed by atoms with van der Waals surface area (Å²) in [5.41, 5.74) is 5.28. The summed E-state index contributed by atoms with van der Waals surface area (Å²) in [6, 6.07) is 14.0. The van der Waals surface area contributed by atoms with Gasteiger partial charge in [-0.05, 0) is 55.4 Å². The maximum Gasteiger partial charge on any atom is 0.254 e. The highest BCUT2D eigenvalue weighted by molar-refractivity contribution is 5.83. The molecule has 4 unspecified atom stereocenters. The van der Waals surface area contributed by atoms with Gasteiger partial charge in [0.05, 0.1) is 5.92 Å². The van der Waals surface area contributed by atoms with Crippen molar-refractivity contribution in [1.29, 1.82) is 0 Å². The molecule has 6 heteroatoms. The molecule has 33 heavy (non-hydrogen) atoms. The number of amides is 2. The number of nitrogens with one attached hydrogen (secondary N) is 1. The summed E-state index contributed by atoms with van der Waals surface area (Å²) in [4.78, 5) is 27.4. The molecule has 2 fully saturated rings. The highest BCUT2D eigenvalue weighted by atomic mass is 19.3. The fourth-order valence-corrected chi connectivity index (χ4v) is 5.61. The molecule has 0 radical (unpaired) electrons. The Kier molecular flexibility index (Phi) is 5.50. The minimum atomic E-state index is -2.56. The summed E-state index contributed by atoms with van der Waals surface area (Å²) in [6.07, 6.45) is 1.35. The minimum absolute atomic E-state index is 0.00850. The first-order chi connectivity index (χ1) is 15.7. The van der Waals surface area contributed by atoms with Gasteiger partial charge in [0.1, 0.15) is 0 Å². The summed E-state index contributed by atoms with van der Waals surface area (Å²) in [6.45, 7) is 5.39. The third-order valence-electron chi connectivity index (χ3n) is 7.79. The Morgan fingerprint density at radius 2 is 1.88 bits per heavy atom. The van der Waals surface area contributed by atoms with Crippen LogP contribution in [-0.4, -0.2) is 22.6 Å². The molecule has 1 heterocycles. The van der Waals surface area contributed by atoms with Gasteiger partial charge >= 0.3 is 0 Å². The molecular weight excluding hydrogens is 422 g/mol. The Hall–Kier alpha value is -2.76. The monoisotopic (exact) mass is 452 g/mol. The molecule has 3 aliphatic rings. The van der Waals surface area contributed by atoms with Gasteiger partial charge in [0.25, 0.3) is 5.92 Å². The quantitative estimate of drug-likeness (QED) is 0.699. The molecule has 1 aliphatic heterocycles. The summed E-state index contributed by atoms with van der Waals surface area (Å²) < 4.78 is 27.4. The highest BCUT2D eigenvalue weighted by Gasteiger charge is 2.69. The number of aryl methyl sites for hydroxylation is 1. The van der Waals surface area contributed by atoms with E-state index >= 15 is 0 Å². The molecule has 174 valence electrons. The van der Waals surface area contributed by atoms with Crippen LogP contribution in [0.25, 0.3) is 0 Å². The summed E-state index contributed by atoms with van der Waals surface area (Å²) in [7, 11) is 0. The number of halogens is 2. The first-order valence-corrected chi connectivity index (χ1v) is 11.9. The maximum absolute atomic E-state index is 13.7. The average Bonchev–Trinajstić information content (AvgIpc) is 3.15. The van der Waals surface area contributed by atoms with Crippen LogP contribution in [0.1, 0.15) is 59.9 Å². The van der Waals surface area contributed by atoms with Crippen LogP contribution < -0.4 is 5.32 Å². The standard InChI is InChI=1S/C27H30F2N2O2/c1-16-4-3-5-19(10-16)17(2)25(32)30-13-18-6-7-21-14-31(15-22(21)11-18)26(33)20-8-9-23-24(12-20)27(23,28)29/h3-7,10-11,17,20,23-24H,8-9,12-15H2,1-2H3,(H,30,32). The molecule has 2 aromatic carbocycles. The van der Waals surface area contributed by atoms with Crippen LogP contribution in [0.5, 0.6) is 0 Å². The number of rotatable bonds is 5. The molecule has 4 atom stereocenters. The lowest BCUT2D eigenvalue weighted by molar-refractivity contribution is -0.137. The molecule has 1 N–H and O–H groups in total. The van der Waals surface area contributed by atoms with Crippen LogP contribution in [0, 0.1) is 24.7 Å². The summed E-state index contributed by atoms with van der Waals surface area (Å²) >= 11 is 0. The van der Waals surface area contributed by atoms with E-state index in [9.17, 15) is 18.4 Å². The van der Waals surface area contributed by atoms with Crippen molar-refractivity contribution in [3.8, 4) is 0 Å². The molecular formula is C27H30F2N2O2. The van der Waals surface area contributed by atoms with Gasteiger partial charge in [-0.1, -0.05) is 48.0 Å². The van der Waals surface area contributed by atoms with E-state index < -0.39 is 17.8 Å². The van der Waals surface area contributed by atoms with Gasteiger partial charge in [0.15, 0.2) is 0 Å². The Labute approximate surface area is 193 Å². The number of carbonyl (C=O) groups excluding carboxylic acids is 2. The van der Waals surface area contributed by atoms with E-state index in [1.54, 1.807) is 4.90 Å². The van der Waals surface area contributed by atoms with Crippen molar-refractivity contribution in [3.05, 3.63) is 70.3 Å². The van der Waals surface area contributed by atoms with Crippen molar-refractivity contribution in [2.75, 3.05) is 0 Å². The largest absolute Gasteiger partial charge is 0.352 e. The molecule has 2 aliphatic carbocycles. The molecule has 0 bridgehead atoms. The molecule has 2 saturated carbocycles. The minimum Gasteiger partial charge on any atom is -0.352 e. The number of carbonyl (C=O) groups is 2. The van der Waals surface area contributed by atoms with Crippen LogP contribution >= 0.6 is 0 Å². The first-order valence-electron chi connectivity index (χ1n) is 11.9. The van der Waals surface area contributed by atoms with E-state index in [2.05, 4.69) is 5.32 Å². The predicted octanol–water partition coefficient (Wildman–Crippen LogP) is 4.94. The fourth-order valence-electron chi connectivity index (χ4n) is 5.61. The number of hydrogen-bond donors (Lipinski definition) is 1. The van der Waals surface area contributed by atoms with Crippen LogP contribution in [0.3, 0.4) is 0 Å². The SMILES string of the molecule is Cc1cccc(C(C)C(=O)NCc2ccc3c(c2)CN(C(=O)C2CCC4C(C2)C4(F)F)C3)c1. The molecule has 0 saturated heterocycles. The normalized spacial score (nSPS) is 25.7. The molecule has 4 nitrogen and oxygen atoms in total. The van der Waals surface area contributed by atoms with E-state index in [1.165, 1.54) is 0 Å². The molecule has 0 aromatic heterocycles. The lowest BCUT2D eigenvalue weighted by atomic mass is 9.88. The van der Waals surface area contributed by atoms with Gasteiger partial charge in [-0.3, -0.25) is 9.59 Å². The van der Waals surface area contributed by atoms with Gasteiger partial charge < -0.3 is 10.2 Å². The fraction of sp³-hybridized carbons (Fsp3) is 0.481. The van der Waals surface area contributed by atoms with Gasteiger partial charge in [0, 0.05) is 37.4 Å². The lowest BCUT2D eigenvalue weighted by Gasteiger charge is -2.25. The van der Waals surface area contributed by atoms with Crippen molar-refractivity contribution < 1.29 is 18.4 Å². The molecule has 0 spiro atoms. The topological polar surface area (TPSA) is 49.4 Å². The van der Waals surface area contributed by atoms with E-state index in [4.69, 9.17) is 0 Å². The first kappa shape index (κ1) is 22.1. The van der Waals surface area contributed by atoms with Crippen LogP contribution in [0.2, 0.25) is 0 Å². The Morgan fingerprint density at radius 3 is 2.64 bits per heavy atom. The van der Waals surface area contributed by atoms with Gasteiger partial charge in [-0.25, -0.2) is 8.78 Å². The highest BCUT2D eigenvalue weighted by Crippen LogP contribution is 2.63. The smallest absolute Gasteiger partial charge is 0.254 e. The second-order valence-electron chi connectivity index (χ2n) is 10.0.